The van der Waals surface area contributed by atoms with Crippen molar-refractivity contribution >= 4 is 17.0 Å². The Labute approximate surface area is 223 Å². The van der Waals surface area contributed by atoms with Crippen LogP contribution in [0.3, 0.4) is 0 Å². The fraction of sp³-hybridized carbons (Fsp3) is 0.129. The van der Waals surface area contributed by atoms with Crippen LogP contribution >= 0.6 is 11.3 Å². The molecular formula is C31H25F3N2OS. The Morgan fingerprint density at radius 1 is 0.789 bits per heavy atom. The van der Waals surface area contributed by atoms with Crippen molar-refractivity contribution < 1.29 is 17.9 Å². The molecule has 3 nitrogen and oxygen atoms in total. The highest BCUT2D eigenvalue weighted by molar-refractivity contribution is 7.07. The van der Waals surface area contributed by atoms with Crippen molar-refractivity contribution in [1.29, 1.82) is 0 Å². The van der Waals surface area contributed by atoms with E-state index in [1.165, 1.54) is 17.4 Å². The summed E-state index contributed by atoms with van der Waals surface area (Å²) in [6.07, 6.45) is -3.69. The van der Waals surface area contributed by atoms with Gasteiger partial charge in [0, 0.05) is 11.9 Å². The molecule has 1 heterocycles. The smallest absolute Gasteiger partial charge is 0.416 e. The standard InChI is InChI=1S/C31H25F3N2OS/c1-37-28-16-10-22(11-17-28)18-19-36-29(25-14-12-24(13-15-25)23-6-3-2-4-7-23)21-38-30(36)35-27-9-5-8-26(20-27)31(32,33)34/h2-17,20-21H,18-19H2,1H3. The molecule has 0 amide bonds. The van der Waals surface area contributed by atoms with E-state index in [1.54, 1.807) is 13.2 Å². The molecule has 0 radical (unpaired) electrons. The zero-order chi connectivity index (χ0) is 26.5. The van der Waals surface area contributed by atoms with Crippen molar-refractivity contribution in [3.05, 3.63) is 124 Å². The molecule has 0 unspecified atom stereocenters. The number of halogens is 3. The van der Waals surface area contributed by atoms with Gasteiger partial charge in [-0.25, -0.2) is 4.99 Å². The number of aromatic nitrogens is 1. The predicted octanol–water partition coefficient (Wildman–Crippen LogP) is 8.39. The number of alkyl halides is 3. The summed E-state index contributed by atoms with van der Waals surface area (Å²) in [7, 11) is 1.63. The molecule has 0 fully saturated rings. The average molecular weight is 531 g/mol. The number of hydrogen-bond donors (Lipinski definition) is 0. The minimum atomic E-state index is -4.42. The average Bonchev–Trinajstić information content (AvgIpc) is 3.34. The fourth-order valence-corrected chi connectivity index (χ4v) is 5.18. The number of methoxy groups -OCH3 is 1. The molecule has 38 heavy (non-hydrogen) atoms. The van der Waals surface area contributed by atoms with Crippen molar-refractivity contribution in [3.8, 4) is 28.1 Å². The van der Waals surface area contributed by atoms with Gasteiger partial charge in [0.25, 0.3) is 0 Å². The van der Waals surface area contributed by atoms with Gasteiger partial charge in [-0.1, -0.05) is 72.8 Å². The lowest BCUT2D eigenvalue weighted by Gasteiger charge is -2.11. The summed E-state index contributed by atoms with van der Waals surface area (Å²) < 4.78 is 47.2. The van der Waals surface area contributed by atoms with Crippen molar-refractivity contribution in [3.63, 3.8) is 0 Å². The van der Waals surface area contributed by atoms with Gasteiger partial charge >= 0.3 is 6.18 Å². The number of benzene rings is 4. The Balaban J connectivity index is 1.52. The molecule has 5 aromatic rings. The van der Waals surface area contributed by atoms with Crippen LogP contribution in [0.5, 0.6) is 5.75 Å². The van der Waals surface area contributed by atoms with Gasteiger partial charge in [0.05, 0.1) is 24.1 Å². The SMILES string of the molecule is COc1ccc(CCn2c(-c3ccc(-c4ccccc4)cc3)csc2=Nc2cccc(C(F)(F)F)c2)cc1. The van der Waals surface area contributed by atoms with Gasteiger partial charge in [-0.2, -0.15) is 13.2 Å². The van der Waals surface area contributed by atoms with E-state index in [0.29, 0.717) is 11.3 Å². The minimum Gasteiger partial charge on any atom is -0.497 e. The molecule has 0 saturated carbocycles. The Kier molecular flexibility index (Phi) is 7.47. The molecule has 192 valence electrons. The first-order valence-electron chi connectivity index (χ1n) is 12.1. The molecule has 0 aliphatic rings. The predicted molar refractivity (Wildman–Crippen MR) is 147 cm³/mol. The second-order valence-electron chi connectivity index (χ2n) is 8.76. The van der Waals surface area contributed by atoms with Crippen LogP contribution in [0.1, 0.15) is 11.1 Å². The van der Waals surface area contributed by atoms with Crippen LogP contribution in [-0.4, -0.2) is 11.7 Å². The first-order chi connectivity index (χ1) is 18.4. The van der Waals surface area contributed by atoms with Gasteiger partial charge in [0.15, 0.2) is 4.80 Å². The molecule has 0 aliphatic carbocycles. The molecule has 5 rings (SSSR count). The fourth-order valence-electron chi connectivity index (χ4n) is 4.22. The van der Waals surface area contributed by atoms with Crippen molar-refractivity contribution in [2.24, 2.45) is 4.99 Å². The maximum absolute atomic E-state index is 13.3. The van der Waals surface area contributed by atoms with E-state index in [1.807, 2.05) is 47.8 Å². The number of hydrogen-bond acceptors (Lipinski definition) is 3. The summed E-state index contributed by atoms with van der Waals surface area (Å²) in [5, 5.41) is 2.01. The number of ether oxygens (including phenoxy) is 1. The normalized spacial score (nSPS) is 12.1. The Morgan fingerprint density at radius 2 is 1.47 bits per heavy atom. The highest BCUT2D eigenvalue weighted by atomic mass is 32.1. The van der Waals surface area contributed by atoms with Gasteiger partial charge in [0.2, 0.25) is 0 Å². The number of nitrogens with zero attached hydrogens (tertiary/aromatic N) is 2. The summed E-state index contributed by atoms with van der Waals surface area (Å²) in [5.74, 6) is 0.788. The molecule has 4 aromatic carbocycles. The Bertz CT molecular complexity index is 1570. The Morgan fingerprint density at radius 3 is 2.16 bits per heavy atom. The van der Waals surface area contributed by atoms with E-state index >= 15 is 0 Å². The summed E-state index contributed by atoms with van der Waals surface area (Å²) >= 11 is 1.42. The summed E-state index contributed by atoms with van der Waals surface area (Å²) in [5.41, 5.74) is 4.91. The number of thiazole rings is 1. The maximum Gasteiger partial charge on any atom is 0.416 e. The molecule has 0 N–H and O–H groups in total. The van der Waals surface area contributed by atoms with Gasteiger partial charge in [0.1, 0.15) is 5.75 Å². The lowest BCUT2D eigenvalue weighted by molar-refractivity contribution is -0.137. The van der Waals surface area contributed by atoms with Crippen LogP contribution in [0.2, 0.25) is 0 Å². The van der Waals surface area contributed by atoms with Crippen LogP contribution in [0.15, 0.2) is 114 Å². The molecule has 0 bridgehead atoms. The first kappa shape index (κ1) is 25.5. The summed E-state index contributed by atoms with van der Waals surface area (Å²) in [6.45, 7) is 0.614. The Hall–Kier alpha value is -4.10. The number of rotatable bonds is 7. The molecule has 0 saturated heterocycles. The van der Waals surface area contributed by atoms with Crippen molar-refractivity contribution in [1.82, 2.24) is 4.57 Å². The van der Waals surface area contributed by atoms with E-state index in [2.05, 4.69) is 46.0 Å². The van der Waals surface area contributed by atoms with E-state index in [-0.39, 0.29) is 5.69 Å². The van der Waals surface area contributed by atoms with Gasteiger partial charge in [-0.3, -0.25) is 0 Å². The van der Waals surface area contributed by atoms with E-state index in [9.17, 15) is 13.2 Å². The molecular weight excluding hydrogens is 505 g/mol. The lowest BCUT2D eigenvalue weighted by atomic mass is 10.0. The topological polar surface area (TPSA) is 26.5 Å². The van der Waals surface area contributed by atoms with E-state index < -0.39 is 11.7 Å². The molecule has 0 spiro atoms. The van der Waals surface area contributed by atoms with E-state index in [0.717, 1.165) is 52.3 Å². The summed E-state index contributed by atoms with van der Waals surface area (Å²) in [6, 6.07) is 31.5. The minimum absolute atomic E-state index is 0.269. The maximum atomic E-state index is 13.3. The summed E-state index contributed by atoms with van der Waals surface area (Å²) in [4.78, 5) is 5.27. The van der Waals surface area contributed by atoms with Crippen LogP contribution in [-0.2, 0) is 19.1 Å². The second kappa shape index (κ2) is 11.1. The lowest BCUT2D eigenvalue weighted by Crippen LogP contribution is -2.17. The second-order valence-corrected chi connectivity index (χ2v) is 9.59. The third-order valence-corrected chi connectivity index (χ3v) is 7.13. The van der Waals surface area contributed by atoms with Crippen LogP contribution < -0.4 is 9.54 Å². The highest BCUT2D eigenvalue weighted by Gasteiger charge is 2.30. The third kappa shape index (κ3) is 5.89. The largest absolute Gasteiger partial charge is 0.497 e. The zero-order valence-corrected chi connectivity index (χ0v) is 21.5. The van der Waals surface area contributed by atoms with Crippen LogP contribution in [0, 0.1) is 0 Å². The third-order valence-electron chi connectivity index (χ3n) is 6.27. The molecule has 0 atom stereocenters. The highest BCUT2D eigenvalue weighted by Crippen LogP contribution is 2.31. The van der Waals surface area contributed by atoms with Crippen LogP contribution in [0.25, 0.3) is 22.4 Å². The number of aryl methyl sites for hydroxylation is 1. The zero-order valence-electron chi connectivity index (χ0n) is 20.7. The first-order valence-corrected chi connectivity index (χ1v) is 13.0. The molecule has 0 aliphatic heterocycles. The molecule has 1 aromatic heterocycles. The van der Waals surface area contributed by atoms with Crippen LogP contribution in [0.4, 0.5) is 18.9 Å². The van der Waals surface area contributed by atoms with Gasteiger partial charge in [-0.15, -0.1) is 11.3 Å². The monoisotopic (exact) mass is 530 g/mol. The van der Waals surface area contributed by atoms with Gasteiger partial charge in [-0.05, 0) is 59.0 Å². The van der Waals surface area contributed by atoms with Crippen molar-refractivity contribution in [2.45, 2.75) is 19.1 Å². The van der Waals surface area contributed by atoms with Gasteiger partial charge < -0.3 is 9.30 Å². The van der Waals surface area contributed by atoms with E-state index in [4.69, 9.17) is 4.74 Å². The quantitative estimate of drug-likeness (QED) is 0.208. The molecule has 7 heteroatoms. The van der Waals surface area contributed by atoms with Crippen molar-refractivity contribution in [2.75, 3.05) is 7.11 Å².